The number of nitrogens with one attached hydrogen (secondary N) is 1. The summed E-state index contributed by atoms with van der Waals surface area (Å²) < 4.78 is 39.4. The van der Waals surface area contributed by atoms with E-state index in [0.717, 1.165) is 11.6 Å². The lowest BCUT2D eigenvalue weighted by Crippen LogP contribution is -2.11. The molecule has 0 saturated heterocycles. The molecule has 2 nitrogen and oxygen atoms in total. The second kappa shape index (κ2) is 6.88. The van der Waals surface area contributed by atoms with Crippen LogP contribution in [0.25, 0.3) is 5.57 Å². The summed E-state index contributed by atoms with van der Waals surface area (Å²) in [6.45, 7) is 0. The normalized spacial score (nSPS) is 18.0. The summed E-state index contributed by atoms with van der Waals surface area (Å²) in [4.78, 5) is 13.0. The Morgan fingerprint density at radius 2 is 1.76 bits per heavy atom. The van der Waals surface area contributed by atoms with Crippen molar-refractivity contribution in [2.24, 2.45) is 0 Å². The van der Waals surface area contributed by atoms with E-state index in [4.69, 9.17) is 0 Å². The van der Waals surface area contributed by atoms with E-state index in [1.807, 2.05) is 30.3 Å². The van der Waals surface area contributed by atoms with Gasteiger partial charge in [0.1, 0.15) is 0 Å². The Hall–Kier alpha value is -1.73. The fourth-order valence-corrected chi connectivity index (χ4v) is 4.59. The molecule has 0 aromatic heterocycles. The highest BCUT2D eigenvalue weighted by Gasteiger charge is 2.39. The number of rotatable bonds is 3. The van der Waals surface area contributed by atoms with E-state index in [0.29, 0.717) is 5.03 Å². The van der Waals surface area contributed by atoms with Crippen molar-refractivity contribution in [3.63, 3.8) is 0 Å². The maximum atomic E-state index is 13.2. The van der Waals surface area contributed by atoms with Crippen LogP contribution in [0.2, 0.25) is 0 Å². The highest BCUT2D eigenvalue weighted by Crippen LogP contribution is 2.49. The Labute approximate surface area is 155 Å². The van der Waals surface area contributed by atoms with Gasteiger partial charge in [0.05, 0.1) is 21.4 Å². The molecule has 0 radical (unpaired) electrons. The molecule has 7 heteroatoms. The first-order valence-corrected chi connectivity index (χ1v) is 9.05. The van der Waals surface area contributed by atoms with Crippen molar-refractivity contribution in [3.8, 4) is 0 Å². The number of alkyl halides is 3. The SMILES string of the molecule is CNC1=C(c2cccc(C(F)(F)F)c2Br)C(=O)C(c2ccccc2)S1. The standard InChI is InChI=1S/C18H13BrF3NOS/c1-23-17-13(11-8-5-9-12(14(11)19)18(20,21)22)15(24)16(25-17)10-6-3-2-4-7-10/h2-9,16,23H,1H3. The summed E-state index contributed by atoms with van der Waals surface area (Å²) >= 11 is 4.36. The van der Waals surface area contributed by atoms with Crippen LogP contribution < -0.4 is 5.32 Å². The molecule has 0 bridgehead atoms. The molecule has 1 unspecified atom stereocenters. The Morgan fingerprint density at radius 1 is 1.08 bits per heavy atom. The van der Waals surface area contributed by atoms with Crippen LogP contribution in [0.3, 0.4) is 0 Å². The monoisotopic (exact) mass is 427 g/mol. The molecule has 0 amide bonds. The van der Waals surface area contributed by atoms with Crippen LogP contribution in [0.1, 0.15) is 21.9 Å². The molecule has 2 aromatic rings. The van der Waals surface area contributed by atoms with Gasteiger partial charge in [-0.05, 0) is 27.6 Å². The van der Waals surface area contributed by atoms with Gasteiger partial charge in [-0.3, -0.25) is 4.79 Å². The molecule has 3 rings (SSSR count). The molecule has 1 atom stereocenters. The van der Waals surface area contributed by atoms with Crippen LogP contribution in [-0.2, 0) is 11.0 Å². The zero-order valence-corrected chi connectivity index (χ0v) is 15.4. The Morgan fingerprint density at radius 3 is 2.36 bits per heavy atom. The molecule has 0 fully saturated rings. The Balaban J connectivity index is 2.09. The van der Waals surface area contributed by atoms with Crippen molar-refractivity contribution in [1.82, 2.24) is 5.32 Å². The number of benzene rings is 2. The number of ketones is 1. The number of allylic oxidation sites excluding steroid dienone is 1. The smallest absolute Gasteiger partial charge is 0.382 e. The average molecular weight is 428 g/mol. The molecule has 2 aromatic carbocycles. The van der Waals surface area contributed by atoms with E-state index >= 15 is 0 Å². The number of hydrogen-bond donors (Lipinski definition) is 1. The van der Waals surface area contributed by atoms with E-state index in [2.05, 4.69) is 21.2 Å². The minimum Gasteiger partial charge on any atom is -0.382 e. The van der Waals surface area contributed by atoms with Gasteiger partial charge in [0.25, 0.3) is 0 Å². The highest BCUT2D eigenvalue weighted by atomic mass is 79.9. The van der Waals surface area contributed by atoms with E-state index in [-0.39, 0.29) is 21.4 Å². The van der Waals surface area contributed by atoms with Gasteiger partial charge in [-0.15, -0.1) is 0 Å². The van der Waals surface area contributed by atoms with Crippen molar-refractivity contribution >= 4 is 39.0 Å². The molecule has 1 aliphatic heterocycles. The van der Waals surface area contributed by atoms with Crippen LogP contribution in [0, 0.1) is 0 Å². The summed E-state index contributed by atoms with van der Waals surface area (Å²) in [6.07, 6.45) is -4.50. The lowest BCUT2D eigenvalue weighted by atomic mass is 9.96. The molecule has 130 valence electrons. The zero-order valence-electron chi connectivity index (χ0n) is 13.0. The van der Waals surface area contributed by atoms with Gasteiger partial charge in [-0.2, -0.15) is 13.2 Å². The molecule has 25 heavy (non-hydrogen) atoms. The number of Topliss-reactive ketones (excluding diaryl/α,β-unsaturated/α-hetero) is 1. The minimum atomic E-state index is -4.50. The molecule has 0 saturated carbocycles. The maximum Gasteiger partial charge on any atom is 0.417 e. The molecular weight excluding hydrogens is 415 g/mol. The topological polar surface area (TPSA) is 29.1 Å². The van der Waals surface area contributed by atoms with Crippen molar-refractivity contribution in [3.05, 3.63) is 74.7 Å². The summed E-state index contributed by atoms with van der Waals surface area (Å²) in [7, 11) is 1.66. The largest absolute Gasteiger partial charge is 0.417 e. The van der Waals surface area contributed by atoms with Crippen LogP contribution in [0.4, 0.5) is 13.2 Å². The van der Waals surface area contributed by atoms with E-state index < -0.39 is 17.0 Å². The predicted octanol–water partition coefficient (Wildman–Crippen LogP) is 5.41. The number of hydrogen-bond acceptors (Lipinski definition) is 3. The van der Waals surface area contributed by atoms with Crippen molar-refractivity contribution in [1.29, 1.82) is 0 Å². The molecular formula is C18H13BrF3NOS. The highest BCUT2D eigenvalue weighted by molar-refractivity contribution is 9.10. The summed E-state index contributed by atoms with van der Waals surface area (Å²) in [6, 6.07) is 13.0. The summed E-state index contributed by atoms with van der Waals surface area (Å²) in [5.41, 5.74) is 0.548. The van der Waals surface area contributed by atoms with Crippen molar-refractivity contribution in [2.75, 3.05) is 7.05 Å². The first-order chi connectivity index (χ1) is 11.8. The minimum absolute atomic E-state index is 0.118. The van der Waals surface area contributed by atoms with Gasteiger partial charge in [-0.25, -0.2) is 0 Å². The molecule has 1 N–H and O–H groups in total. The first kappa shape index (κ1) is 18.1. The van der Waals surface area contributed by atoms with Gasteiger partial charge < -0.3 is 5.32 Å². The Bertz CT molecular complexity index is 849. The third-order valence-corrected chi connectivity index (χ3v) is 6.07. The van der Waals surface area contributed by atoms with Crippen LogP contribution in [-0.4, -0.2) is 12.8 Å². The summed E-state index contributed by atoms with van der Waals surface area (Å²) in [5.74, 6) is -0.208. The number of carbonyl (C=O) groups excluding carboxylic acids is 1. The third kappa shape index (κ3) is 3.35. The van der Waals surface area contributed by atoms with E-state index in [1.165, 1.54) is 23.9 Å². The number of thioether (sulfide) groups is 1. The lowest BCUT2D eigenvalue weighted by molar-refractivity contribution is -0.138. The molecule has 0 spiro atoms. The van der Waals surface area contributed by atoms with Gasteiger partial charge >= 0.3 is 6.18 Å². The van der Waals surface area contributed by atoms with E-state index in [1.54, 1.807) is 7.05 Å². The predicted molar refractivity (Wildman–Crippen MR) is 96.9 cm³/mol. The lowest BCUT2D eigenvalue weighted by Gasteiger charge is -2.14. The van der Waals surface area contributed by atoms with Crippen molar-refractivity contribution in [2.45, 2.75) is 11.4 Å². The van der Waals surface area contributed by atoms with E-state index in [9.17, 15) is 18.0 Å². The second-order valence-electron chi connectivity index (χ2n) is 5.39. The van der Waals surface area contributed by atoms with Gasteiger partial charge in [-0.1, -0.05) is 54.2 Å². The quantitative estimate of drug-likeness (QED) is 0.709. The van der Waals surface area contributed by atoms with Crippen LogP contribution in [0.5, 0.6) is 0 Å². The number of halogens is 4. The second-order valence-corrected chi connectivity index (χ2v) is 7.30. The average Bonchev–Trinajstić information content (AvgIpc) is 2.91. The Kier molecular flexibility index (Phi) is 4.97. The molecule has 1 aliphatic rings. The van der Waals surface area contributed by atoms with Crippen LogP contribution >= 0.6 is 27.7 Å². The number of carbonyl (C=O) groups is 1. The maximum absolute atomic E-state index is 13.2. The van der Waals surface area contributed by atoms with Crippen LogP contribution in [0.15, 0.2) is 58.0 Å². The van der Waals surface area contributed by atoms with Gasteiger partial charge in [0.2, 0.25) is 0 Å². The van der Waals surface area contributed by atoms with Gasteiger partial charge in [0, 0.05) is 17.1 Å². The van der Waals surface area contributed by atoms with Crippen molar-refractivity contribution < 1.29 is 18.0 Å². The molecule has 0 aliphatic carbocycles. The fourth-order valence-electron chi connectivity index (χ4n) is 2.70. The molecule has 1 heterocycles. The zero-order chi connectivity index (χ0) is 18.2. The fraction of sp³-hybridized carbons (Fsp3) is 0.167. The first-order valence-electron chi connectivity index (χ1n) is 7.38. The van der Waals surface area contributed by atoms with Gasteiger partial charge in [0.15, 0.2) is 5.78 Å². The third-order valence-electron chi connectivity index (χ3n) is 3.85. The summed E-state index contributed by atoms with van der Waals surface area (Å²) in [5, 5.41) is 3.04.